The van der Waals surface area contributed by atoms with Gasteiger partial charge in [-0.1, -0.05) is 37.5 Å². The van der Waals surface area contributed by atoms with E-state index < -0.39 is 5.54 Å². The van der Waals surface area contributed by atoms with Crippen LogP contribution in [0.25, 0.3) is 0 Å². The first-order valence-electron chi connectivity index (χ1n) is 12.4. The number of urea groups is 1. The van der Waals surface area contributed by atoms with E-state index in [4.69, 9.17) is 4.99 Å². The largest absolute Gasteiger partial charge is 0.328 e. The van der Waals surface area contributed by atoms with Crippen LogP contribution in [0, 0.1) is 15.9 Å². The van der Waals surface area contributed by atoms with E-state index in [1.807, 2.05) is 6.07 Å². The molecule has 2 heterocycles. The number of likely N-dealkylation sites (tertiary alicyclic amines) is 1. The minimum atomic E-state index is -0.651. The number of nitrogens with one attached hydrogen (secondary N) is 1. The van der Waals surface area contributed by atoms with Crippen LogP contribution in [-0.4, -0.2) is 46.4 Å². The van der Waals surface area contributed by atoms with Crippen LogP contribution in [0.15, 0.2) is 53.5 Å². The fourth-order valence-electron chi connectivity index (χ4n) is 5.67. The molecule has 9 heteroatoms. The standard InChI is InChI=1S/C26H30FN5O3/c27-20-7-5-10-22(17-20)31-25(33)29-24(28-21-8-2-1-3-9-21)26(31)12-14-30(15-13-26)18-19-6-4-11-23(16-19)32(34)35/h4-7,10-11,16-17,21H,1-3,8-9,12-15,18H2,(H,28,29,33). The Bertz CT molecular complexity index is 1140. The highest BCUT2D eigenvalue weighted by molar-refractivity contribution is 6.19. The SMILES string of the molecule is O=C1NC(=NC2CCCCC2)C2(CCN(Cc3cccc([N+](=O)[O-])c3)CC2)N1c1cccc(F)c1. The molecule has 2 amide bonds. The lowest BCUT2D eigenvalue weighted by Gasteiger charge is -2.44. The molecular formula is C26H30FN5O3. The molecule has 1 N–H and O–H groups in total. The summed E-state index contributed by atoms with van der Waals surface area (Å²) in [5.74, 6) is 0.319. The van der Waals surface area contributed by atoms with Crippen molar-refractivity contribution in [2.24, 2.45) is 4.99 Å². The molecule has 2 aliphatic heterocycles. The molecule has 3 fully saturated rings. The van der Waals surface area contributed by atoms with Gasteiger partial charge in [-0.05, 0) is 49.4 Å². The number of amides is 2. The number of amidine groups is 1. The van der Waals surface area contributed by atoms with E-state index in [0.717, 1.165) is 31.2 Å². The monoisotopic (exact) mass is 479 g/mol. The van der Waals surface area contributed by atoms with Crippen molar-refractivity contribution in [1.29, 1.82) is 0 Å². The number of rotatable bonds is 5. The zero-order valence-corrected chi connectivity index (χ0v) is 19.7. The number of halogens is 1. The van der Waals surface area contributed by atoms with E-state index >= 15 is 0 Å². The normalized spacial score (nSPS) is 22.0. The second kappa shape index (κ2) is 9.73. The summed E-state index contributed by atoms with van der Waals surface area (Å²) in [4.78, 5) is 33.0. The van der Waals surface area contributed by atoms with Gasteiger partial charge < -0.3 is 0 Å². The summed E-state index contributed by atoms with van der Waals surface area (Å²) in [6, 6.07) is 12.8. The Hall–Kier alpha value is -3.33. The van der Waals surface area contributed by atoms with E-state index in [9.17, 15) is 19.3 Å². The van der Waals surface area contributed by atoms with Gasteiger partial charge in [-0.2, -0.15) is 0 Å². The minimum absolute atomic E-state index is 0.0840. The Kier molecular flexibility index (Phi) is 6.51. The van der Waals surface area contributed by atoms with Gasteiger partial charge in [-0.15, -0.1) is 0 Å². The fourth-order valence-corrected chi connectivity index (χ4v) is 5.67. The van der Waals surface area contributed by atoms with E-state index in [1.54, 1.807) is 29.2 Å². The lowest BCUT2D eigenvalue weighted by Crippen LogP contribution is -2.57. The summed E-state index contributed by atoms with van der Waals surface area (Å²) in [5, 5.41) is 14.2. The van der Waals surface area contributed by atoms with Crippen molar-refractivity contribution in [3.05, 3.63) is 70.0 Å². The third kappa shape index (κ3) is 4.77. The molecule has 3 aliphatic rings. The van der Waals surface area contributed by atoms with E-state index in [1.165, 1.54) is 24.6 Å². The number of non-ortho nitro benzene ring substituents is 1. The molecule has 0 unspecified atom stereocenters. The Morgan fingerprint density at radius 2 is 1.83 bits per heavy atom. The zero-order chi connectivity index (χ0) is 24.4. The van der Waals surface area contributed by atoms with Crippen LogP contribution in [0.5, 0.6) is 0 Å². The van der Waals surface area contributed by atoms with Gasteiger partial charge in [0.25, 0.3) is 5.69 Å². The van der Waals surface area contributed by atoms with Gasteiger partial charge in [0.2, 0.25) is 0 Å². The summed E-state index contributed by atoms with van der Waals surface area (Å²) < 4.78 is 14.1. The highest BCUT2D eigenvalue weighted by Crippen LogP contribution is 2.39. The minimum Gasteiger partial charge on any atom is -0.299 e. The van der Waals surface area contributed by atoms with Gasteiger partial charge >= 0.3 is 6.03 Å². The Morgan fingerprint density at radius 3 is 2.54 bits per heavy atom. The maximum Gasteiger partial charge on any atom is 0.328 e. The number of carbonyl (C=O) groups is 1. The molecule has 0 aromatic heterocycles. The number of hydrogen-bond donors (Lipinski definition) is 1. The average molecular weight is 480 g/mol. The molecule has 2 aromatic carbocycles. The highest BCUT2D eigenvalue weighted by Gasteiger charge is 2.53. The fraction of sp³-hybridized carbons (Fsp3) is 0.462. The molecule has 1 saturated carbocycles. The van der Waals surface area contributed by atoms with E-state index in [0.29, 0.717) is 44.0 Å². The Balaban J connectivity index is 1.41. The summed E-state index contributed by atoms with van der Waals surface area (Å²) in [6.45, 7) is 1.97. The number of carbonyl (C=O) groups excluding carboxylic acids is 1. The van der Waals surface area contributed by atoms with E-state index in [2.05, 4.69) is 10.2 Å². The summed E-state index contributed by atoms with van der Waals surface area (Å²) in [7, 11) is 0. The molecule has 35 heavy (non-hydrogen) atoms. The van der Waals surface area contributed by atoms with Gasteiger partial charge in [0, 0.05) is 37.5 Å². The molecule has 8 nitrogen and oxygen atoms in total. The number of piperidine rings is 1. The summed E-state index contributed by atoms with van der Waals surface area (Å²) in [6.07, 6.45) is 6.84. The number of aliphatic imine (C=N–C) groups is 1. The summed E-state index contributed by atoms with van der Waals surface area (Å²) >= 11 is 0. The third-order valence-corrected chi connectivity index (χ3v) is 7.46. The molecule has 184 valence electrons. The van der Waals surface area contributed by atoms with Crippen LogP contribution in [0.1, 0.15) is 50.5 Å². The van der Waals surface area contributed by atoms with Gasteiger partial charge in [-0.25, -0.2) is 9.18 Å². The number of benzene rings is 2. The molecule has 0 bridgehead atoms. The van der Waals surface area contributed by atoms with Crippen LogP contribution in [-0.2, 0) is 6.54 Å². The predicted molar refractivity (Wildman–Crippen MR) is 132 cm³/mol. The lowest BCUT2D eigenvalue weighted by molar-refractivity contribution is -0.384. The zero-order valence-electron chi connectivity index (χ0n) is 19.7. The lowest BCUT2D eigenvalue weighted by atomic mass is 9.84. The number of nitro benzene ring substituents is 1. The number of nitro groups is 1. The molecule has 1 aliphatic carbocycles. The maximum absolute atomic E-state index is 14.1. The first-order valence-corrected chi connectivity index (χ1v) is 12.4. The van der Waals surface area contributed by atoms with Gasteiger partial charge in [0.15, 0.2) is 0 Å². The van der Waals surface area contributed by atoms with Crippen molar-refractivity contribution in [1.82, 2.24) is 10.2 Å². The third-order valence-electron chi connectivity index (χ3n) is 7.46. The predicted octanol–water partition coefficient (Wildman–Crippen LogP) is 5.03. The van der Waals surface area contributed by atoms with Crippen LogP contribution < -0.4 is 10.2 Å². The van der Waals surface area contributed by atoms with Crippen LogP contribution in [0.4, 0.5) is 20.6 Å². The quantitative estimate of drug-likeness (QED) is 0.481. The molecule has 2 aromatic rings. The smallest absolute Gasteiger partial charge is 0.299 e. The molecule has 0 radical (unpaired) electrons. The van der Waals surface area contributed by atoms with Crippen molar-refractivity contribution < 1.29 is 14.1 Å². The topological polar surface area (TPSA) is 91.1 Å². The van der Waals surface area contributed by atoms with Crippen LogP contribution in [0.2, 0.25) is 0 Å². The number of anilines is 1. The second-order valence-corrected chi connectivity index (χ2v) is 9.75. The highest BCUT2D eigenvalue weighted by atomic mass is 19.1. The van der Waals surface area contributed by atoms with Gasteiger partial charge in [0.1, 0.15) is 17.2 Å². The van der Waals surface area contributed by atoms with Gasteiger partial charge in [0.05, 0.1) is 11.0 Å². The van der Waals surface area contributed by atoms with E-state index in [-0.39, 0.29) is 28.5 Å². The number of hydrogen-bond acceptors (Lipinski definition) is 5. The summed E-state index contributed by atoms with van der Waals surface area (Å²) in [5.41, 5.74) is 0.847. The molecule has 0 atom stereocenters. The van der Waals surface area contributed by atoms with Crippen molar-refractivity contribution in [2.45, 2.75) is 63.1 Å². The van der Waals surface area contributed by atoms with Crippen molar-refractivity contribution >= 4 is 23.2 Å². The van der Waals surface area contributed by atoms with Crippen molar-refractivity contribution in [2.75, 3.05) is 18.0 Å². The van der Waals surface area contributed by atoms with Gasteiger partial charge in [-0.3, -0.25) is 30.2 Å². The molecule has 1 spiro atoms. The first-order chi connectivity index (χ1) is 16.9. The molecule has 2 saturated heterocycles. The van der Waals surface area contributed by atoms with Crippen molar-refractivity contribution in [3.63, 3.8) is 0 Å². The maximum atomic E-state index is 14.1. The molecular weight excluding hydrogens is 449 g/mol. The Morgan fingerprint density at radius 1 is 1.09 bits per heavy atom. The second-order valence-electron chi connectivity index (χ2n) is 9.75. The average Bonchev–Trinajstić information content (AvgIpc) is 3.11. The number of nitrogens with zero attached hydrogens (tertiary/aromatic N) is 4. The Labute approximate surface area is 204 Å². The molecule has 5 rings (SSSR count). The van der Waals surface area contributed by atoms with Crippen LogP contribution >= 0.6 is 0 Å². The first kappa shape index (κ1) is 23.4. The van der Waals surface area contributed by atoms with Crippen LogP contribution in [0.3, 0.4) is 0 Å². The van der Waals surface area contributed by atoms with Crippen molar-refractivity contribution in [3.8, 4) is 0 Å².